The van der Waals surface area contributed by atoms with Crippen LogP contribution in [0, 0.1) is 0 Å². The highest BCUT2D eigenvalue weighted by molar-refractivity contribution is 5.89. The van der Waals surface area contributed by atoms with Crippen LogP contribution in [0.15, 0.2) is 83.0 Å². The van der Waals surface area contributed by atoms with Crippen LogP contribution in [0.1, 0.15) is 36.0 Å². The first-order valence-electron chi connectivity index (χ1n) is 11.3. The molecule has 0 saturated carbocycles. The Kier molecular flexibility index (Phi) is 9.93. The Balaban J connectivity index is 1.26. The van der Waals surface area contributed by atoms with Gasteiger partial charge in [0.2, 0.25) is 0 Å². The van der Waals surface area contributed by atoms with E-state index < -0.39 is 0 Å². The van der Waals surface area contributed by atoms with Gasteiger partial charge in [0.05, 0.1) is 44.4 Å². The number of esters is 1. The van der Waals surface area contributed by atoms with E-state index in [1.165, 1.54) is 7.11 Å². The number of unbranched alkanes of at least 4 members (excludes halogenated alkanes) is 3. The third-order valence-electron chi connectivity index (χ3n) is 5.04. The van der Waals surface area contributed by atoms with E-state index in [1.807, 2.05) is 48.5 Å². The highest BCUT2D eigenvalue weighted by atomic mass is 16.5. The zero-order chi connectivity index (χ0) is 24.0. The smallest absolute Gasteiger partial charge is 0.337 e. The van der Waals surface area contributed by atoms with Crippen molar-refractivity contribution in [3.05, 3.63) is 78.4 Å². The third kappa shape index (κ3) is 8.24. The van der Waals surface area contributed by atoms with Gasteiger partial charge in [-0.05, 0) is 98.5 Å². The van der Waals surface area contributed by atoms with Gasteiger partial charge in [-0.3, -0.25) is 0 Å². The number of rotatable bonds is 13. The van der Waals surface area contributed by atoms with Crippen LogP contribution < -0.4 is 14.2 Å². The second-order valence-corrected chi connectivity index (χ2v) is 7.52. The van der Waals surface area contributed by atoms with Crippen molar-refractivity contribution >= 4 is 17.3 Å². The number of azo groups is 1. The standard InChI is InChI=1S/C27H30N2O5/c1-31-24-15-9-22(10-16-24)28-29-23-11-17-26(18-12-23)34-20-6-4-3-5-19-33-25-13-7-21(8-14-25)27(30)32-2/h7-18H,3-6,19-20H2,1-2H3. The second kappa shape index (κ2) is 13.6. The molecule has 0 spiro atoms. The minimum absolute atomic E-state index is 0.347. The van der Waals surface area contributed by atoms with Gasteiger partial charge in [-0.25, -0.2) is 4.79 Å². The van der Waals surface area contributed by atoms with E-state index in [-0.39, 0.29) is 5.97 Å². The normalized spacial score (nSPS) is 10.8. The molecule has 3 aromatic rings. The highest BCUT2D eigenvalue weighted by Gasteiger charge is 2.04. The molecule has 3 rings (SSSR count). The van der Waals surface area contributed by atoms with Crippen molar-refractivity contribution in [3.8, 4) is 17.2 Å². The quantitative estimate of drug-likeness (QED) is 0.157. The van der Waals surface area contributed by atoms with Gasteiger partial charge >= 0.3 is 5.97 Å². The molecule has 0 heterocycles. The first-order chi connectivity index (χ1) is 16.7. The molecule has 7 heteroatoms. The topological polar surface area (TPSA) is 78.7 Å². The molecule has 0 fully saturated rings. The fourth-order valence-electron chi connectivity index (χ4n) is 3.12. The summed E-state index contributed by atoms with van der Waals surface area (Å²) in [5.41, 5.74) is 2.05. The lowest BCUT2D eigenvalue weighted by molar-refractivity contribution is 0.0600. The van der Waals surface area contributed by atoms with Crippen molar-refractivity contribution in [3.63, 3.8) is 0 Å². The molecule has 0 aliphatic rings. The van der Waals surface area contributed by atoms with Crippen molar-refractivity contribution in [2.45, 2.75) is 25.7 Å². The molecule has 0 radical (unpaired) electrons. The predicted octanol–water partition coefficient (Wildman–Crippen LogP) is 6.92. The summed E-state index contributed by atoms with van der Waals surface area (Å²) in [4.78, 5) is 11.4. The monoisotopic (exact) mass is 462 g/mol. The van der Waals surface area contributed by atoms with E-state index in [2.05, 4.69) is 15.0 Å². The Labute approximate surface area is 200 Å². The number of carbonyl (C=O) groups excluding carboxylic acids is 1. The predicted molar refractivity (Wildman–Crippen MR) is 131 cm³/mol. The van der Waals surface area contributed by atoms with Crippen molar-refractivity contribution in [2.24, 2.45) is 10.2 Å². The summed E-state index contributed by atoms with van der Waals surface area (Å²) in [6, 6.07) is 22.0. The molecule has 0 aliphatic carbocycles. The zero-order valence-electron chi connectivity index (χ0n) is 19.6. The fraction of sp³-hybridized carbons (Fsp3) is 0.296. The van der Waals surface area contributed by atoms with Crippen molar-refractivity contribution in [2.75, 3.05) is 27.4 Å². The van der Waals surface area contributed by atoms with Crippen LogP contribution in [-0.2, 0) is 4.74 Å². The minimum atomic E-state index is -0.347. The van der Waals surface area contributed by atoms with Gasteiger partial charge in [-0.2, -0.15) is 10.2 Å². The molecule has 178 valence electrons. The van der Waals surface area contributed by atoms with Gasteiger partial charge in [0.1, 0.15) is 17.2 Å². The Bertz CT molecular complexity index is 1030. The molecule has 34 heavy (non-hydrogen) atoms. The molecular weight excluding hydrogens is 432 g/mol. The SMILES string of the molecule is COC(=O)c1ccc(OCCCCCCOc2ccc(N=Nc3ccc(OC)cc3)cc2)cc1. The van der Waals surface area contributed by atoms with Crippen molar-refractivity contribution < 1.29 is 23.7 Å². The average Bonchev–Trinajstić information content (AvgIpc) is 2.90. The molecule has 0 bridgehead atoms. The van der Waals surface area contributed by atoms with Crippen LogP contribution in [0.5, 0.6) is 17.2 Å². The van der Waals surface area contributed by atoms with Gasteiger partial charge in [-0.1, -0.05) is 0 Å². The van der Waals surface area contributed by atoms with E-state index in [0.29, 0.717) is 18.8 Å². The van der Waals surface area contributed by atoms with Crippen molar-refractivity contribution in [1.82, 2.24) is 0 Å². The summed E-state index contributed by atoms with van der Waals surface area (Å²) in [6.45, 7) is 1.31. The van der Waals surface area contributed by atoms with E-state index in [1.54, 1.807) is 31.4 Å². The summed E-state index contributed by atoms with van der Waals surface area (Å²) in [5.74, 6) is 2.02. The largest absolute Gasteiger partial charge is 0.497 e. The molecule has 0 amide bonds. The maximum Gasteiger partial charge on any atom is 0.337 e. The number of hydrogen-bond acceptors (Lipinski definition) is 7. The van der Waals surface area contributed by atoms with E-state index >= 15 is 0 Å². The molecule has 0 aliphatic heterocycles. The second-order valence-electron chi connectivity index (χ2n) is 7.52. The van der Waals surface area contributed by atoms with Crippen LogP contribution in [0.4, 0.5) is 11.4 Å². The van der Waals surface area contributed by atoms with Crippen LogP contribution in [0.2, 0.25) is 0 Å². The summed E-state index contributed by atoms with van der Waals surface area (Å²) >= 11 is 0. The number of nitrogens with zero attached hydrogens (tertiary/aromatic N) is 2. The Hall–Kier alpha value is -3.87. The first kappa shape index (κ1) is 24.8. The highest BCUT2D eigenvalue weighted by Crippen LogP contribution is 2.23. The molecule has 0 atom stereocenters. The molecule has 0 N–H and O–H groups in total. The van der Waals surface area contributed by atoms with Gasteiger partial charge in [0.15, 0.2) is 0 Å². The summed E-state index contributed by atoms with van der Waals surface area (Å²) < 4.78 is 21.3. The van der Waals surface area contributed by atoms with Gasteiger partial charge in [0.25, 0.3) is 0 Å². The lowest BCUT2D eigenvalue weighted by Crippen LogP contribution is -2.02. The van der Waals surface area contributed by atoms with E-state index in [9.17, 15) is 4.79 Å². The van der Waals surface area contributed by atoms with Gasteiger partial charge < -0.3 is 18.9 Å². The summed E-state index contributed by atoms with van der Waals surface area (Å²) in [6.07, 6.45) is 4.08. The minimum Gasteiger partial charge on any atom is -0.497 e. The third-order valence-corrected chi connectivity index (χ3v) is 5.04. The number of hydrogen-bond donors (Lipinski definition) is 0. The lowest BCUT2D eigenvalue weighted by atomic mass is 10.2. The summed E-state index contributed by atoms with van der Waals surface area (Å²) in [7, 11) is 3.00. The van der Waals surface area contributed by atoms with Crippen LogP contribution in [-0.4, -0.2) is 33.4 Å². The lowest BCUT2D eigenvalue weighted by Gasteiger charge is -2.08. The molecule has 3 aromatic carbocycles. The van der Waals surface area contributed by atoms with E-state index in [4.69, 9.17) is 14.2 Å². The Morgan fingerprint density at radius 3 is 1.50 bits per heavy atom. The summed E-state index contributed by atoms with van der Waals surface area (Å²) in [5, 5.41) is 8.47. The van der Waals surface area contributed by atoms with Gasteiger partial charge in [0, 0.05) is 0 Å². The number of carbonyl (C=O) groups is 1. The average molecular weight is 463 g/mol. The fourth-order valence-corrected chi connectivity index (χ4v) is 3.12. The van der Waals surface area contributed by atoms with Crippen molar-refractivity contribution in [1.29, 1.82) is 0 Å². The van der Waals surface area contributed by atoms with Crippen LogP contribution >= 0.6 is 0 Å². The molecule has 7 nitrogen and oxygen atoms in total. The number of ether oxygens (including phenoxy) is 4. The maximum atomic E-state index is 11.4. The first-order valence-corrected chi connectivity index (χ1v) is 11.3. The molecular formula is C27H30N2O5. The number of methoxy groups -OCH3 is 2. The Morgan fingerprint density at radius 1 is 0.618 bits per heavy atom. The van der Waals surface area contributed by atoms with Crippen LogP contribution in [0.3, 0.4) is 0 Å². The zero-order valence-corrected chi connectivity index (χ0v) is 19.6. The Morgan fingerprint density at radius 2 is 1.06 bits per heavy atom. The van der Waals surface area contributed by atoms with E-state index in [0.717, 1.165) is 54.3 Å². The molecule has 0 unspecified atom stereocenters. The van der Waals surface area contributed by atoms with Crippen LogP contribution in [0.25, 0.3) is 0 Å². The van der Waals surface area contributed by atoms with Gasteiger partial charge in [-0.15, -0.1) is 0 Å². The molecule has 0 aromatic heterocycles. The maximum absolute atomic E-state index is 11.4. The number of benzene rings is 3. The molecule has 0 saturated heterocycles.